The van der Waals surface area contributed by atoms with E-state index >= 15 is 0 Å². The van der Waals surface area contributed by atoms with Gasteiger partial charge in [0, 0.05) is 26.1 Å². The highest BCUT2D eigenvalue weighted by Gasteiger charge is 2.43. The van der Waals surface area contributed by atoms with E-state index in [-0.39, 0.29) is 12.5 Å². The number of ether oxygens (including phenoxy) is 1. The lowest BCUT2D eigenvalue weighted by Crippen LogP contribution is -2.55. The van der Waals surface area contributed by atoms with Crippen LogP contribution in [-0.2, 0) is 11.3 Å². The molecule has 0 unspecified atom stereocenters. The van der Waals surface area contributed by atoms with Gasteiger partial charge >= 0.3 is 0 Å². The number of hydrogen-bond acceptors (Lipinski definition) is 5. The average Bonchev–Trinajstić information content (AvgIpc) is 2.92. The van der Waals surface area contributed by atoms with Crippen molar-refractivity contribution in [3.05, 3.63) is 17.5 Å². The van der Waals surface area contributed by atoms with Gasteiger partial charge in [0.15, 0.2) is 0 Å². The molecule has 2 atom stereocenters. The van der Waals surface area contributed by atoms with Crippen molar-refractivity contribution in [2.45, 2.75) is 57.5 Å². The number of piperidine rings is 1. The lowest BCUT2D eigenvalue weighted by Gasteiger charge is -2.46. The number of carbonyl (C=O) groups is 1. The summed E-state index contributed by atoms with van der Waals surface area (Å²) in [5.41, 5.74) is 1.06. The minimum absolute atomic E-state index is 0.00121. The van der Waals surface area contributed by atoms with Crippen LogP contribution in [0.25, 0.3) is 0 Å². The van der Waals surface area contributed by atoms with Crippen LogP contribution in [0.4, 0.5) is 0 Å². The van der Waals surface area contributed by atoms with Crippen molar-refractivity contribution in [1.82, 2.24) is 14.7 Å². The van der Waals surface area contributed by atoms with E-state index in [0.29, 0.717) is 44.6 Å². The minimum atomic E-state index is -0.804. The Hall–Kier alpha value is -1.44. The second-order valence-electron chi connectivity index (χ2n) is 6.61. The highest BCUT2D eigenvalue weighted by molar-refractivity contribution is 5.92. The molecule has 128 valence electrons. The SMILES string of the molecule is CCn1nc(C)cc1C(=O)N1CCC2(CC1)C[C@@H](O)[C@@H](O)CO2. The molecule has 3 heterocycles. The molecule has 1 amide bonds. The number of aliphatic hydroxyl groups is 2. The summed E-state index contributed by atoms with van der Waals surface area (Å²) in [7, 11) is 0. The van der Waals surface area contributed by atoms with Gasteiger partial charge in [-0.05, 0) is 32.8 Å². The van der Waals surface area contributed by atoms with Crippen molar-refractivity contribution in [1.29, 1.82) is 0 Å². The van der Waals surface area contributed by atoms with Gasteiger partial charge < -0.3 is 19.8 Å². The van der Waals surface area contributed by atoms with E-state index in [1.54, 1.807) is 4.68 Å². The summed E-state index contributed by atoms with van der Waals surface area (Å²) < 4.78 is 7.54. The Morgan fingerprint density at radius 2 is 2.09 bits per heavy atom. The number of aliphatic hydroxyl groups excluding tert-OH is 2. The van der Waals surface area contributed by atoms with E-state index in [1.807, 2.05) is 24.8 Å². The van der Waals surface area contributed by atoms with Gasteiger partial charge in [-0.25, -0.2) is 0 Å². The van der Waals surface area contributed by atoms with Crippen molar-refractivity contribution in [3.8, 4) is 0 Å². The second-order valence-corrected chi connectivity index (χ2v) is 6.61. The summed E-state index contributed by atoms with van der Waals surface area (Å²) in [5, 5.41) is 23.8. The fraction of sp³-hybridized carbons (Fsp3) is 0.750. The number of aryl methyl sites for hydroxylation is 2. The zero-order valence-corrected chi connectivity index (χ0v) is 13.7. The maximum Gasteiger partial charge on any atom is 0.272 e. The Morgan fingerprint density at radius 1 is 1.39 bits per heavy atom. The van der Waals surface area contributed by atoms with Crippen molar-refractivity contribution in [2.75, 3.05) is 19.7 Å². The Morgan fingerprint density at radius 3 is 2.70 bits per heavy atom. The molecule has 7 heteroatoms. The number of hydrogen-bond donors (Lipinski definition) is 2. The van der Waals surface area contributed by atoms with E-state index < -0.39 is 17.8 Å². The van der Waals surface area contributed by atoms with Crippen molar-refractivity contribution < 1.29 is 19.7 Å². The first-order chi connectivity index (χ1) is 10.9. The fourth-order valence-corrected chi connectivity index (χ4v) is 3.54. The normalized spacial score (nSPS) is 27.4. The van der Waals surface area contributed by atoms with Crippen molar-refractivity contribution in [2.24, 2.45) is 0 Å². The Balaban J connectivity index is 1.66. The molecule has 2 aliphatic heterocycles. The molecular weight excluding hydrogens is 298 g/mol. The summed E-state index contributed by atoms with van der Waals surface area (Å²) in [4.78, 5) is 14.5. The molecular formula is C16H25N3O4. The van der Waals surface area contributed by atoms with Crippen LogP contribution in [0.3, 0.4) is 0 Å². The van der Waals surface area contributed by atoms with Gasteiger partial charge in [-0.15, -0.1) is 0 Å². The van der Waals surface area contributed by atoms with Crippen molar-refractivity contribution >= 4 is 5.91 Å². The Bertz CT molecular complexity index is 578. The van der Waals surface area contributed by atoms with Crippen LogP contribution in [0.15, 0.2) is 6.07 Å². The van der Waals surface area contributed by atoms with E-state index in [9.17, 15) is 15.0 Å². The molecule has 2 N–H and O–H groups in total. The first kappa shape index (κ1) is 16.4. The first-order valence-electron chi connectivity index (χ1n) is 8.28. The summed E-state index contributed by atoms with van der Waals surface area (Å²) >= 11 is 0. The van der Waals surface area contributed by atoms with Gasteiger partial charge in [0.1, 0.15) is 11.8 Å². The first-order valence-corrected chi connectivity index (χ1v) is 8.28. The van der Waals surface area contributed by atoms with E-state index in [0.717, 1.165) is 5.69 Å². The van der Waals surface area contributed by atoms with Gasteiger partial charge in [0.25, 0.3) is 5.91 Å². The monoisotopic (exact) mass is 323 g/mol. The van der Waals surface area contributed by atoms with Crippen LogP contribution in [-0.4, -0.2) is 68.3 Å². The predicted molar refractivity (Wildman–Crippen MR) is 83.1 cm³/mol. The third kappa shape index (κ3) is 3.13. The molecule has 1 spiro atoms. The Labute approximate surface area is 135 Å². The zero-order chi connectivity index (χ0) is 16.6. The number of amides is 1. The average molecular weight is 323 g/mol. The fourth-order valence-electron chi connectivity index (χ4n) is 3.54. The molecule has 0 aromatic carbocycles. The number of aromatic nitrogens is 2. The molecule has 2 aliphatic rings. The lowest BCUT2D eigenvalue weighted by atomic mass is 9.82. The maximum absolute atomic E-state index is 12.7. The highest BCUT2D eigenvalue weighted by Crippen LogP contribution is 2.35. The maximum atomic E-state index is 12.7. The minimum Gasteiger partial charge on any atom is -0.390 e. The van der Waals surface area contributed by atoms with Crippen LogP contribution < -0.4 is 0 Å². The van der Waals surface area contributed by atoms with Gasteiger partial charge in [-0.3, -0.25) is 9.48 Å². The van der Waals surface area contributed by atoms with Crippen LogP contribution in [0.5, 0.6) is 0 Å². The largest absolute Gasteiger partial charge is 0.390 e. The third-order valence-corrected chi connectivity index (χ3v) is 4.97. The molecule has 1 aromatic rings. The molecule has 0 saturated carbocycles. The van der Waals surface area contributed by atoms with Crippen LogP contribution >= 0.6 is 0 Å². The molecule has 3 rings (SSSR count). The standard InChI is InChI=1S/C16H25N3O4/c1-3-19-12(8-11(2)17-19)15(22)18-6-4-16(5-7-18)9-13(20)14(21)10-23-16/h8,13-14,20-21H,3-7,9-10H2,1-2H3/t13-,14+/m1/s1. The molecule has 7 nitrogen and oxygen atoms in total. The topological polar surface area (TPSA) is 87.8 Å². The van der Waals surface area contributed by atoms with Crippen LogP contribution in [0, 0.1) is 6.92 Å². The molecule has 2 saturated heterocycles. The van der Waals surface area contributed by atoms with E-state index in [4.69, 9.17) is 4.74 Å². The van der Waals surface area contributed by atoms with Crippen molar-refractivity contribution in [3.63, 3.8) is 0 Å². The summed E-state index contributed by atoms with van der Waals surface area (Å²) in [6, 6.07) is 1.83. The number of likely N-dealkylation sites (tertiary alicyclic amines) is 1. The number of carbonyl (C=O) groups excluding carboxylic acids is 1. The quantitative estimate of drug-likeness (QED) is 0.819. The summed E-state index contributed by atoms with van der Waals surface area (Å²) in [6.07, 6.45) is 0.253. The van der Waals surface area contributed by atoms with Gasteiger partial charge in [-0.1, -0.05) is 0 Å². The number of nitrogens with zero attached hydrogens (tertiary/aromatic N) is 3. The van der Waals surface area contributed by atoms with E-state index in [1.165, 1.54) is 0 Å². The predicted octanol–water partition coefficient (Wildman–Crippen LogP) is 0.328. The number of rotatable bonds is 2. The summed E-state index contributed by atoms with van der Waals surface area (Å²) in [6.45, 7) is 5.87. The highest BCUT2D eigenvalue weighted by atomic mass is 16.5. The van der Waals surface area contributed by atoms with E-state index in [2.05, 4.69) is 5.10 Å². The van der Waals surface area contributed by atoms with Gasteiger partial charge in [0.2, 0.25) is 0 Å². The second kappa shape index (κ2) is 6.22. The zero-order valence-electron chi connectivity index (χ0n) is 13.7. The lowest BCUT2D eigenvalue weighted by molar-refractivity contribution is -0.185. The molecule has 1 aromatic heterocycles. The van der Waals surface area contributed by atoms with Gasteiger partial charge in [0.05, 0.1) is 24.0 Å². The molecule has 0 aliphatic carbocycles. The van der Waals surface area contributed by atoms with Crippen LogP contribution in [0.2, 0.25) is 0 Å². The molecule has 2 fully saturated rings. The third-order valence-electron chi connectivity index (χ3n) is 4.97. The van der Waals surface area contributed by atoms with Gasteiger partial charge in [-0.2, -0.15) is 5.10 Å². The molecule has 23 heavy (non-hydrogen) atoms. The van der Waals surface area contributed by atoms with Crippen LogP contribution in [0.1, 0.15) is 42.4 Å². The molecule has 0 radical (unpaired) electrons. The summed E-state index contributed by atoms with van der Waals surface area (Å²) in [5.74, 6) is -0.00121. The molecule has 0 bridgehead atoms. The Kier molecular flexibility index (Phi) is 4.44. The smallest absolute Gasteiger partial charge is 0.272 e.